The molecule has 2 amide bonds. The average molecular weight is 417 g/mol. The van der Waals surface area contributed by atoms with E-state index in [1.54, 1.807) is 16.9 Å². The Labute approximate surface area is 173 Å². The molecule has 0 saturated carbocycles. The summed E-state index contributed by atoms with van der Waals surface area (Å²) in [5.41, 5.74) is 0.734. The van der Waals surface area contributed by atoms with Crippen LogP contribution in [0.4, 0.5) is 11.5 Å². The fraction of sp³-hybridized carbons (Fsp3) is 0.400. The van der Waals surface area contributed by atoms with Crippen molar-refractivity contribution in [3.63, 3.8) is 0 Å². The van der Waals surface area contributed by atoms with Crippen molar-refractivity contribution in [1.82, 2.24) is 9.78 Å². The highest BCUT2D eigenvalue weighted by Crippen LogP contribution is 2.36. The lowest BCUT2D eigenvalue weighted by Crippen LogP contribution is -2.35. The number of para-hydroxylation sites is 1. The van der Waals surface area contributed by atoms with E-state index in [4.69, 9.17) is 4.74 Å². The summed E-state index contributed by atoms with van der Waals surface area (Å²) in [6.45, 7) is 5.53. The van der Waals surface area contributed by atoms with Crippen molar-refractivity contribution >= 4 is 41.1 Å². The number of nitrogens with zero attached hydrogens (tertiary/aromatic N) is 2. The van der Waals surface area contributed by atoms with Crippen LogP contribution in [0.1, 0.15) is 39.7 Å². The predicted molar refractivity (Wildman–Crippen MR) is 111 cm³/mol. The van der Waals surface area contributed by atoms with E-state index in [0.29, 0.717) is 5.82 Å². The topological polar surface area (TPSA) is 102 Å². The summed E-state index contributed by atoms with van der Waals surface area (Å²) < 4.78 is 6.97. The van der Waals surface area contributed by atoms with Crippen molar-refractivity contribution < 1.29 is 19.1 Å². The third-order valence-electron chi connectivity index (χ3n) is 4.67. The molecular formula is C20H24N4O4S. The quantitative estimate of drug-likeness (QED) is 0.672. The molecule has 0 spiro atoms. The summed E-state index contributed by atoms with van der Waals surface area (Å²) in [6.07, 6.45) is 1.36. The highest BCUT2D eigenvalue weighted by molar-refractivity contribution is 8.01. The number of hydrogen-bond acceptors (Lipinski definition) is 6. The maximum atomic E-state index is 12.4. The van der Waals surface area contributed by atoms with Gasteiger partial charge in [-0.3, -0.25) is 14.4 Å². The zero-order chi connectivity index (χ0) is 21.0. The number of nitrogens with one attached hydrogen (secondary N) is 2. The summed E-state index contributed by atoms with van der Waals surface area (Å²) in [6, 6.07) is 9.22. The van der Waals surface area contributed by atoms with Crippen LogP contribution in [0, 0.1) is 0 Å². The van der Waals surface area contributed by atoms with Gasteiger partial charge in [0.15, 0.2) is 6.10 Å². The molecule has 2 N–H and O–H groups in total. The maximum absolute atomic E-state index is 12.4. The first-order chi connectivity index (χ1) is 13.9. The Morgan fingerprint density at radius 3 is 2.83 bits per heavy atom. The number of hydrogen-bond donors (Lipinski definition) is 2. The number of fused-ring (bicyclic) bond motifs is 1. The van der Waals surface area contributed by atoms with Gasteiger partial charge in [-0.15, -0.1) is 11.8 Å². The van der Waals surface area contributed by atoms with Crippen molar-refractivity contribution in [2.45, 2.75) is 55.9 Å². The summed E-state index contributed by atoms with van der Waals surface area (Å²) in [7, 11) is 0. The third-order valence-corrected chi connectivity index (χ3v) is 5.94. The molecule has 2 aromatic rings. The normalized spacial score (nSPS) is 17.6. The van der Waals surface area contributed by atoms with Crippen LogP contribution in [0.15, 0.2) is 41.4 Å². The van der Waals surface area contributed by atoms with Crippen molar-refractivity contribution in [1.29, 1.82) is 0 Å². The van der Waals surface area contributed by atoms with Crippen LogP contribution in [0.5, 0.6) is 0 Å². The van der Waals surface area contributed by atoms with Crippen LogP contribution in [0.3, 0.4) is 0 Å². The second-order valence-corrected chi connectivity index (χ2v) is 8.08. The van der Waals surface area contributed by atoms with Gasteiger partial charge in [-0.1, -0.05) is 19.1 Å². The minimum Gasteiger partial charge on any atom is -0.452 e. The molecule has 0 bridgehead atoms. The number of rotatable bonds is 7. The SMILES string of the molecule is CC[C@@H](C)n1nccc1NC(=O)[C@H](C)OC(=O)C[C@H]1Sc2ccccc2NC1=O. The van der Waals surface area contributed by atoms with Gasteiger partial charge in [-0.25, -0.2) is 4.68 Å². The Hall–Kier alpha value is -2.81. The van der Waals surface area contributed by atoms with E-state index < -0.39 is 23.2 Å². The van der Waals surface area contributed by atoms with Gasteiger partial charge >= 0.3 is 5.97 Å². The standard InChI is InChI=1S/C20H24N4O4S/c1-4-12(2)24-17(9-10-21-24)23-19(26)13(3)28-18(25)11-16-20(27)22-14-7-5-6-8-15(14)29-16/h5-10,12-13,16H,4,11H2,1-3H3,(H,22,27)(H,23,26)/t12-,13+,16-/m1/s1. The van der Waals surface area contributed by atoms with E-state index in [1.165, 1.54) is 18.7 Å². The van der Waals surface area contributed by atoms with E-state index in [1.807, 2.05) is 38.1 Å². The maximum Gasteiger partial charge on any atom is 0.308 e. The highest BCUT2D eigenvalue weighted by atomic mass is 32.2. The second kappa shape index (κ2) is 9.13. The number of thioether (sulfide) groups is 1. The van der Waals surface area contributed by atoms with Crippen molar-refractivity contribution in [2.75, 3.05) is 10.6 Å². The summed E-state index contributed by atoms with van der Waals surface area (Å²) in [5, 5.41) is 9.14. The highest BCUT2D eigenvalue weighted by Gasteiger charge is 2.30. The molecule has 0 unspecified atom stereocenters. The molecule has 154 valence electrons. The fourth-order valence-electron chi connectivity index (χ4n) is 2.84. The smallest absolute Gasteiger partial charge is 0.308 e. The first-order valence-electron chi connectivity index (χ1n) is 9.49. The molecular weight excluding hydrogens is 392 g/mol. The minimum absolute atomic E-state index is 0.118. The molecule has 1 aliphatic rings. The number of ether oxygens (including phenoxy) is 1. The Morgan fingerprint density at radius 1 is 1.31 bits per heavy atom. The molecule has 0 radical (unpaired) electrons. The van der Waals surface area contributed by atoms with Crippen LogP contribution >= 0.6 is 11.8 Å². The second-order valence-electron chi connectivity index (χ2n) is 6.84. The molecule has 3 atom stereocenters. The number of amides is 2. The molecule has 0 fully saturated rings. The molecule has 3 rings (SSSR count). The number of carbonyl (C=O) groups is 3. The van der Waals surface area contributed by atoms with E-state index in [-0.39, 0.29) is 18.4 Å². The monoisotopic (exact) mass is 416 g/mol. The Bertz CT molecular complexity index is 913. The molecule has 9 heteroatoms. The first kappa shape index (κ1) is 20.9. The lowest BCUT2D eigenvalue weighted by Gasteiger charge is -2.23. The lowest BCUT2D eigenvalue weighted by molar-refractivity contribution is -0.153. The third kappa shape index (κ3) is 4.97. The number of anilines is 2. The zero-order valence-electron chi connectivity index (χ0n) is 16.5. The molecule has 1 aliphatic heterocycles. The molecule has 2 heterocycles. The predicted octanol–water partition coefficient (Wildman–Crippen LogP) is 3.23. The van der Waals surface area contributed by atoms with Crippen molar-refractivity contribution in [3.05, 3.63) is 36.5 Å². The Kier molecular flexibility index (Phi) is 6.58. The number of carbonyl (C=O) groups excluding carboxylic acids is 3. The summed E-state index contributed by atoms with van der Waals surface area (Å²) in [4.78, 5) is 37.8. The molecule has 29 heavy (non-hydrogen) atoms. The molecule has 1 aromatic carbocycles. The largest absolute Gasteiger partial charge is 0.452 e. The van der Waals surface area contributed by atoms with Crippen LogP contribution in [-0.2, 0) is 19.1 Å². The van der Waals surface area contributed by atoms with Gasteiger partial charge in [-0.05, 0) is 32.4 Å². The Balaban J connectivity index is 1.55. The summed E-state index contributed by atoms with van der Waals surface area (Å²) >= 11 is 1.32. The lowest BCUT2D eigenvalue weighted by atomic mass is 10.2. The molecule has 1 aromatic heterocycles. The van der Waals surface area contributed by atoms with Crippen molar-refractivity contribution in [3.8, 4) is 0 Å². The zero-order valence-corrected chi connectivity index (χ0v) is 17.4. The van der Waals surface area contributed by atoms with Gasteiger partial charge in [-0.2, -0.15) is 5.10 Å². The van der Waals surface area contributed by atoms with E-state index in [9.17, 15) is 14.4 Å². The molecule has 8 nitrogen and oxygen atoms in total. The minimum atomic E-state index is -0.994. The Morgan fingerprint density at radius 2 is 2.07 bits per heavy atom. The first-order valence-corrected chi connectivity index (χ1v) is 10.4. The van der Waals surface area contributed by atoms with Gasteiger partial charge < -0.3 is 15.4 Å². The molecule has 0 aliphatic carbocycles. The van der Waals surface area contributed by atoms with Crippen LogP contribution in [0.2, 0.25) is 0 Å². The van der Waals surface area contributed by atoms with Gasteiger partial charge in [0.25, 0.3) is 5.91 Å². The van der Waals surface area contributed by atoms with Gasteiger partial charge in [0.2, 0.25) is 5.91 Å². The summed E-state index contributed by atoms with van der Waals surface area (Å²) in [5.74, 6) is -0.754. The number of aromatic nitrogens is 2. The van der Waals surface area contributed by atoms with Crippen molar-refractivity contribution in [2.24, 2.45) is 0 Å². The number of benzene rings is 1. The van der Waals surface area contributed by atoms with Gasteiger partial charge in [0, 0.05) is 11.0 Å². The van der Waals surface area contributed by atoms with Crippen LogP contribution in [-0.4, -0.2) is 38.9 Å². The average Bonchev–Trinajstić information content (AvgIpc) is 3.15. The van der Waals surface area contributed by atoms with Gasteiger partial charge in [0.05, 0.1) is 29.6 Å². The fourth-order valence-corrected chi connectivity index (χ4v) is 3.94. The van der Waals surface area contributed by atoms with Gasteiger partial charge in [0.1, 0.15) is 5.82 Å². The van der Waals surface area contributed by atoms with E-state index >= 15 is 0 Å². The number of esters is 1. The molecule has 0 saturated heterocycles. The van der Waals surface area contributed by atoms with Crippen LogP contribution < -0.4 is 10.6 Å². The van der Waals surface area contributed by atoms with Crippen LogP contribution in [0.25, 0.3) is 0 Å². The van der Waals surface area contributed by atoms with E-state index in [0.717, 1.165) is 17.0 Å². The van der Waals surface area contributed by atoms with E-state index in [2.05, 4.69) is 15.7 Å².